The van der Waals surface area contributed by atoms with Crippen molar-refractivity contribution in [2.75, 3.05) is 10.5 Å². The van der Waals surface area contributed by atoms with E-state index in [0.29, 0.717) is 10.0 Å². The van der Waals surface area contributed by atoms with Crippen LogP contribution in [0, 0.1) is 12.7 Å². The molecule has 3 N–H and O–H groups in total. The van der Waals surface area contributed by atoms with Crippen LogP contribution in [0.1, 0.15) is 5.56 Å². The molecular weight excluding hydrogens is 427 g/mol. The van der Waals surface area contributed by atoms with E-state index in [1.807, 2.05) is 0 Å². The molecule has 4 nitrogen and oxygen atoms in total. The predicted molar refractivity (Wildman–Crippen MR) is 88.2 cm³/mol. The Bertz CT molecular complexity index is 787. The molecule has 0 aliphatic carbocycles. The normalized spacial score (nSPS) is 11.4. The van der Waals surface area contributed by atoms with Gasteiger partial charge in [0.1, 0.15) is 10.7 Å². The van der Waals surface area contributed by atoms with E-state index in [-0.39, 0.29) is 11.4 Å². The molecule has 0 atom stereocenters. The van der Waals surface area contributed by atoms with Crippen LogP contribution in [0.5, 0.6) is 0 Å². The Kier molecular flexibility index (Phi) is 4.60. The van der Waals surface area contributed by atoms with Gasteiger partial charge in [0, 0.05) is 8.95 Å². The highest BCUT2D eigenvalue weighted by molar-refractivity contribution is 9.10. The van der Waals surface area contributed by atoms with E-state index in [1.165, 1.54) is 12.1 Å². The highest BCUT2D eigenvalue weighted by Crippen LogP contribution is 2.30. The van der Waals surface area contributed by atoms with E-state index in [1.54, 1.807) is 19.1 Å². The van der Waals surface area contributed by atoms with Gasteiger partial charge in [-0.15, -0.1) is 0 Å². The fourth-order valence-electron chi connectivity index (χ4n) is 1.79. The lowest BCUT2D eigenvalue weighted by atomic mass is 10.2. The number of benzene rings is 2. The lowest BCUT2D eigenvalue weighted by molar-refractivity contribution is 0.570. The average Bonchev–Trinajstić information content (AvgIpc) is 2.33. The molecule has 0 spiro atoms. The molecule has 0 saturated heterocycles. The highest BCUT2D eigenvalue weighted by atomic mass is 79.9. The number of nitrogens with one attached hydrogen (secondary N) is 1. The van der Waals surface area contributed by atoms with Crippen molar-refractivity contribution >= 4 is 53.3 Å². The van der Waals surface area contributed by atoms with Crippen LogP contribution < -0.4 is 10.5 Å². The maximum absolute atomic E-state index is 13.8. The standard InChI is InChI=1S/C13H11Br2FN2O2S/c1-7-4-9(15)6-11(17)13(7)18-21(19,20)12-3-2-8(14)5-10(12)16/h2-6,18H,17H2,1H3. The summed E-state index contributed by atoms with van der Waals surface area (Å²) in [6, 6.07) is 7.02. The first-order valence-electron chi connectivity index (χ1n) is 5.74. The van der Waals surface area contributed by atoms with Gasteiger partial charge < -0.3 is 5.73 Å². The summed E-state index contributed by atoms with van der Waals surface area (Å²) in [6.45, 7) is 1.71. The summed E-state index contributed by atoms with van der Waals surface area (Å²) in [5, 5.41) is 0. The zero-order valence-electron chi connectivity index (χ0n) is 10.8. The lowest BCUT2D eigenvalue weighted by Crippen LogP contribution is -2.16. The number of rotatable bonds is 3. The number of nitrogen functional groups attached to an aromatic ring is 1. The molecule has 0 aliphatic heterocycles. The summed E-state index contributed by atoms with van der Waals surface area (Å²) in [5.41, 5.74) is 6.93. The first-order chi connectivity index (χ1) is 9.70. The van der Waals surface area contributed by atoms with Crippen LogP contribution in [0.4, 0.5) is 15.8 Å². The average molecular weight is 438 g/mol. The van der Waals surface area contributed by atoms with E-state index in [2.05, 4.69) is 36.6 Å². The van der Waals surface area contributed by atoms with Crippen molar-refractivity contribution in [2.45, 2.75) is 11.8 Å². The van der Waals surface area contributed by atoms with E-state index in [9.17, 15) is 12.8 Å². The van der Waals surface area contributed by atoms with Crippen LogP contribution >= 0.6 is 31.9 Å². The van der Waals surface area contributed by atoms with Gasteiger partial charge in [-0.1, -0.05) is 31.9 Å². The van der Waals surface area contributed by atoms with Crippen LogP contribution in [0.15, 0.2) is 44.2 Å². The van der Waals surface area contributed by atoms with Crippen molar-refractivity contribution in [3.63, 3.8) is 0 Å². The molecule has 0 radical (unpaired) electrons. The smallest absolute Gasteiger partial charge is 0.264 e. The summed E-state index contributed by atoms with van der Waals surface area (Å²) in [7, 11) is -4.06. The first-order valence-corrected chi connectivity index (χ1v) is 8.81. The molecule has 2 rings (SSSR count). The van der Waals surface area contributed by atoms with Crippen molar-refractivity contribution in [3.8, 4) is 0 Å². The van der Waals surface area contributed by atoms with Crippen LogP contribution in [-0.4, -0.2) is 8.42 Å². The van der Waals surface area contributed by atoms with Gasteiger partial charge in [0.25, 0.3) is 10.0 Å². The second-order valence-corrected chi connectivity index (χ2v) is 7.85. The van der Waals surface area contributed by atoms with Crippen LogP contribution in [0.2, 0.25) is 0 Å². The van der Waals surface area contributed by atoms with Crippen LogP contribution in [0.25, 0.3) is 0 Å². The minimum atomic E-state index is -4.06. The lowest BCUT2D eigenvalue weighted by Gasteiger charge is -2.14. The summed E-state index contributed by atoms with van der Waals surface area (Å²) in [4.78, 5) is -0.438. The molecule has 112 valence electrons. The van der Waals surface area contributed by atoms with Gasteiger partial charge >= 0.3 is 0 Å². The molecular formula is C13H11Br2FN2O2S. The van der Waals surface area contributed by atoms with Gasteiger partial charge in [0.2, 0.25) is 0 Å². The third-order valence-electron chi connectivity index (χ3n) is 2.75. The molecule has 0 amide bonds. The summed E-state index contributed by atoms with van der Waals surface area (Å²) in [6.07, 6.45) is 0. The first kappa shape index (κ1) is 16.3. The van der Waals surface area contributed by atoms with Gasteiger partial charge in [-0.3, -0.25) is 4.72 Å². The van der Waals surface area contributed by atoms with Crippen molar-refractivity contribution in [2.24, 2.45) is 0 Å². The third kappa shape index (κ3) is 3.56. The predicted octanol–water partition coefficient (Wildman–Crippen LogP) is 4.04. The molecule has 2 aromatic rings. The number of aryl methyl sites for hydroxylation is 1. The molecule has 0 saturated carbocycles. The van der Waals surface area contributed by atoms with Crippen LogP contribution in [-0.2, 0) is 10.0 Å². The third-order valence-corrected chi connectivity index (χ3v) is 5.08. The topological polar surface area (TPSA) is 72.2 Å². The maximum Gasteiger partial charge on any atom is 0.264 e. The van der Waals surface area contributed by atoms with Gasteiger partial charge in [-0.2, -0.15) is 0 Å². The zero-order valence-corrected chi connectivity index (χ0v) is 14.8. The molecule has 0 heterocycles. The Morgan fingerprint density at radius 2 is 1.81 bits per heavy atom. The molecule has 0 aliphatic rings. The molecule has 0 aromatic heterocycles. The second-order valence-electron chi connectivity index (χ2n) is 4.37. The van der Waals surface area contributed by atoms with Crippen molar-refractivity contribution < 1.29 is 12.8 Å². The fraction of sp³-hybridized carbons (Fsp3) is 0.0769. The molecule has 2 aromatic carbocycles. The Morgan fingerprint density at radius 3 is 2.38 bits per heavy atom. The van der Waals surface area contributed by atoms with Crippen molar-refractivity contribution in [1.82, 2.24) is 0 Å². The van der Waals surface area contributed by atoms with Crippen molar-refractivity contribution in [1.29, 1.82) is 0 Å². The summed E-state index contributed by atoms with van der Waals surface area (Å²) >= 11 is 6.35. The SMILES string of the molecule is Cc1cc(Br)cc(N)c1NS(=O)(=O)c1ccc(Br)cc1F. The Hall–Kier alpha value is -1.12. The number of halogens is 3. The summed E-state index contributed by atoms with van der Waals surface area (Å²) < 4.78 is 41.9. The largest absolute Gasteiger partial charge is 0.397 e. The number of hydrogen-bond donors (Lipinski definition) is 2. The van der Waals surface area contributed by atoms with Gasteiger partial charge in [-0.05, 0) is 42.8 Å². The molecule has 0 unspecified atom stereocenters. The number of hydrogen-bond acceptors (Lipinski definition) is 3. The Balaban J connectivity index is 2.47. The van der Waals surface area contributed by atoms with Crippen LogP contribution in [0.3, 0.4) is 0 Å². The number of sulfonamides is 1. The maximum atomic E-state index is 13.8. The second kappa shape index (κ2) is 5.94. The highest BCUT2D eigenvalue weighted by Gasteiger charge is 2.21. The van der Waals surface area contributed by atoms with Crippen molar-refractivity contribution in [3.05, 3.63) is 50.7 Å². The molecule has 0 fully saturated rings. The minimum Gasteiger partial charge on any atom is -0.397 e. The van der Waals surface area contributed by atoms with Gasteiger partial charge in [-0.25, -0.2) is 12.8 Å². The number of anilines is 2. The number of nitrogens with two attached hydrogens (primary N) is 1. The molecule has 0 bridgehead atoms. The van der Waals surface area contributed by atoms with E-state index < -0.39 is 20.7 Å². The summed E-state index contributed by atoms with van der Waals surface area (Å²) in [5.74, 6) is -0.842. The van der Waals surface area contributed by atoms with Gasteiger partial charge in [0.15, 0.2) is 0 Å². The van der Waals surface area contributed by atoms with E-state index >= 15 is 0 Å². The molecule has 21 heavy (non-hydrogen) atoms. The quantitative estimate of drug-likeness (QED) is 0.711. The van der Waals surface area contributed by atoms with E-state index in [4.69, 9.17) is 5.73 Å². The minimum absolute atomic E-state index is 0.237. The van der Waals surface area contributed by atoms with Gasteiger partial charge in [0.05, 0.1) is 11.4 Å². The zero-order chi connectivity index (χ0) is 15.8. The molecule has 8 heteroatoms. The van der Waals surface area contributed by atoms with E-state index in [0.717, 1.165) is 10.5 Å². The Labute approximate surface area is 138 Å². The fourth-order valence-corrected chi connectivity index (χ4v) is 3.93. The Morgan fingerprint density at radius 1 is 1.14 bits per heavy atom. The monoisotopic (exact) mass is 436 g/mol.